The fourth-order valence-corrected chi connectivity index (χ4v) is 6.35. The Morgan fingerprint density at radius 2 is 1.77 bits per heavy atom. The molecule has 0 saturated heterocycles. The van der Waals surface area contributed by atoms with Crippen molar-refractivity contribution in [1.29, 1.82) is 5.26 Å². The number of carbonyl (C=O) groups excluding carboxylic acids is 1. The fourth-order valence-electron chi connectivity index (χ4n) is 5.30. The molecule has 0 unspecified atom stereocenters. The molecule has 212 valence electrons. The zero-order chi connectivity index (χ0) is 29.9. The molecule has 1 atom stereocenters. The third-order valence-corrected chi connectivity index (χ3v) is 8.33. The van der Waals surface area contributed by atoms with E-state index in [0.29, 0.717) is 31.9 Å². The van der Waals surface area contributed by atoms with Crippen molar-refractivity contribution >= 4 is 34.2 Å². The number of carbonyl (C=O) groups is 1. The van der Waals surface area contributed by atoms with Gasteiger partial charge in [-0.2, -0.15) is 5.26 Å². The Bertz CT molecular complexity index is 2110. The number of allylic oxidation sites excluding steroid dienone is 1. The summed E-state index contributed by atoms with van der Waals surface area (Å²) < 4.78 is 13.5. The maximum atomic E-state index is 14.0. The van der Waals surface area contributed by atoms with E-state index < -0.39 is 12.0 Å². The fraction of sp³-hybridized carbons (Fsp3) is 0.143. The lowest BCUT2D eigenvalue weighted by molar-refractivity contribution is -0.139. The number of nitrogens with zero attached hydrogens (tertiary/aromatic N) is 3. The van der Waals surface area contributed by atoms with Gasteiger partial charge in [-0.15, -0.1) is 0 Å². The van der Waals surface area contributed by atoms with E-state index in [4.69, 9.17) is 9.47 Å². The quantitative estimate of drug-likeness (QED) is 0.239. The van der Waals surface area contributed by atoms with Gasteiger partial charge in [-0.05, 0) is 60.0 Å². The molecule has 1 aliphatic rings. The monoisotopic (exact) mass is 585 g/mol. The summed E-state index contributed by atoms with van der Waals surface area (Å²) in [4.78, 5) is 32.5. The number of fused-ring (bicyclic) bond motifs is 2. The topological polar surface area (TPSA) is 93.7 Å². The number of ether oxygens (including phenoxy) is 2. The molecule has 0 radical (unpaired) electrons. The number of rotatable bonds is 7. The molecule has 0 amide bonds. The first-order valence-corrected chi connectivity index (χ1v) is 14.7. The van der Waals surface area contributed by atoms with Crippen LogP contribution in [0.3, 0.4) is 0 Å². The third kappa shape index (κ3) is 5.39. The maximum Gasteiger partial charge on any atom is 0.338 e. The summed E-state index contributed by atoms with van der Waals surface area (Å²) in [5.74, 6) is 0.168. The summed E-state index contributed by atoms with van der Waals surface area (Å²) >= 11 is 1.29. The van der Waals surface area contributed by atoms with Crippen LogP contribution in [0.25, 0.3) is 16.8 Å². The van der Waals surface area contributed by atoms with Crippen LogP contribution in [-0.2, 0) is 16.1 Å². The van der Waals surface area contributed by atoms with E-state index in [1.807, 2.05) is 91.0 Å². The predicted octanol–water partition coefficient (Wildman–Crippen LogP) is 5.40. The van der Waals surface area contributed by atoms with Gasteiger partial charge in [0.2, 0.25) is 0 Å². The molecule has 0 saturated carbocycles. The molecule has 5 aromatic rings. The number of benzene rings is 4. The molecule has 0 fully saturated rings. The SMILES string of the molecule is CCOC(=O)C1=C(C)N=c2s/c(=C/c3ccc(OCc4ccccc4C#N)cc3)c(=O)n2[C@H]1c1cccc2ccccc12. The lowest BCUT2D eigenvalue weighted by atomic mass is 9.91. The van der Waals surface area contributed by atoms with Gasteiger partial charge in [-0.3, -0.25) is 9.36 Å². The molecule has 6 rings (SSSR count). The Morgan fingerprint density at radius 3 is 2.56 bits per heavy atom. The zero-order valence-corrected chi connectivity index (χ0v) is 24.4. The number of hydrogen-bond donors (Lipinski definition) is 0. The van der Waals surface area contributed by atoms with E-state index in [2.05, 4.69) is 11.1 Å². The van der Waals surface area contributed by atoms with Gasteiger partial charge in [0.1, 0.15) is 12.4 Å². The van der Waals surface area contributed by atoms with Crippen LogP contribution in [0.2, 0.25) is 0 Å². The van der Waals surface area contributed by atoms with Crippen LogP contribution in [0.15, 0.2) is 112 Å². The van der Waals surface area contributed by atoms with Gasteiger partial charge in [0.05, 0.1) is 40.1 Å². The Labute approximate surface area is 251 Å². The Kier molecular flexibility index (Phi) is 7.73. The molecule has 1 aliphatic heterocycles. The average Bonchev–Trinajstić information content (AvgIpc) is 3.33. The number of thiazole rings is 1. The van der Waals surface area contributed by atoms with E-state index in [1.54, 1.807) is 24.5 Å². The highest BCUT2D eigenvalue weighted by molar-refractivity contribution is 7.07. The molecule has 7 nitrogen and oxygen atoms in total. The van der Waals surface area contributed by atoms with E-state index in [9.17, 15) is 14.9 Å². The van der Waals surface area contributed by atoms with Crippen molar-refractivity contribution in [3.63, 3.8) is 0 Å². The average molecular weight is 586 g/mol. The standard InChI is InChI=1S/C35H27N3O4S/c1-3-41-34(40)31-22(2)37-35-38(32(31)29-14-8-12-24-9-6-7-13-28(24)29)33(39)30(43-35)19-23-15-17-27(18-16-23)42-21-26-11-5-4-10-25(26)20-36/h4-19,32H,3,21H2,1-2H3/b30-19+/t32-/m0/s1. The highest BCUT2D eigenvalue weighted by Crippen LogP contribution is 2.34. The third-order valence-electron chi connectivity index (χ3n) is 7.34. The summed E-state index contributed by atoms with van der Waals surface area (Å²) in [6.45, 7) is 4.04. The molecule has 43 heavy (non-hydrogen) atoms. The Balaban J connectivity index is 1.39. The van der Waals surface area contributed by atoms with Crippen LogP contribution in [0.5, 0.6) is 5.75 Å². The molecule has 8 heteroatoms. The lowest BCUT2D eigenvalue weighted by Crippen LogP contribution is -2.40. The van der Waals surface area contributed by atoms with Gasteiger partial charge >= 0.3 is 5.97 Å². The van der Waals surface area contributed by atoms with Crippen molar-refractivity contribution in [2.45, 2.75) is 26.5 Å². The normalized spacial score (nSPS) is 14.6. The second-order valence-electron chi connectivity index (χ2n) is 10.00. The molecular formula is C35H27N3O4S. The molecular weight excluding hydrogens is 558 g/mol. The van der Waals surface area contributed by atoms with Crippen molar-refractivity contribution in [1.82, 2.24) is 4.57 Å². The predicted molar refractivity (Wildman–Crippen MR) is 166 cm³/mol. The zero-order valence-electron chi connectivity index (χ0n) is 23.6. The van der Waals surface area contributed by atoms with Gasteiger partial charge in [-0.25, -0.2) is 9.79 Å². The van der Waals surface area contributed by atoms with Gasteiger partial charge in [0.15, 0.2) is 4.80 Å². The number of hydrogen-bond acceptors (Lipinski definition) is 7. The van der Waals surface area contributed by atoms with Crippen molar-refractivity contribution in [2.75, 3.05) is 6.61 Å². The number of aromatic nitrogens is 1. The highest BCUT2D eigenvalue weighted by Gasteiger charge is 2.34. The second kappa shape index (κ2) is 11.9. The van der Waals surface area contributed by atoms with E-state index in [1.165, 1.54) is 11.3 Å². The van der Waals surface area contributed by atoms with E-state index in [-0.39, 0.29) is 18.8 Å². The summed E-state index contributed by atoms with van der Waals surface area (Å²) in [7, 11) is 0. The summed E-state index contributed by atoms with van der Waals surface area (Å²) in [5.41, 5.74) is 3.71. The summed E-state index contributed by atoms with van der Waals surface area (Å²) in [5, 5.41) is 11.3. The Morgan fingerprint density at radius 1 is 1.02 bits per heavy atom. The van der Waals surface area contributed by atoms with Gasteiger partial charge in [0, 0.05) is 5.56 Å². The first-order chi connectivity index (χ1) is 21.0. The van der Waals surface area contributed by atoms with E-state index >= 15 is 0 Å². The highest BCUT2D eigenvalue weighted by atomic mass is 32.1. The van der Waals surface area contributed by atoms with Gasteiger partial charge < -0.3 is 9.47 Å². The minimum atomic E-state index is -0.685. The summed E-state index contributed by atoms with van der Waals surface area (Å²) in [6, 6.07) is 30.1. The van der Waals surface area contributed by atoms with Crippen LogP contribution in [0.4, 0.5) is 0 Å². The second-order valence-corrected chi connectivity index (χ2v) is 11.0. The molecule has 4 aromatic carbocycles. The molecule has 0 aliphatic carbocycles. The van der Waals surface area contributed by atoms with Crippen molar-refractivity contribution in [3.8, 4) is 11.8 Å². The molecule has 0 bridgehead atoms. The lowest BCUT2D eigenvalue weighted by Gasteiger charge is -2.25. The molecule has 2 heterocycles. The van der Waals surface area contributed by atoms with Crippen LogP contribution in [0, 0.1) is 11.3 Å². The van der Waals surface area contributed by atoms with Crippen LogP contribution in [0.1, 0.15) is 42.1 Å². The molecule has 1 aromatic heterocycles. The molecule has 0 N–H and O–H groups in total. The van der Waals surface area contributed by atoms with Crippen LogP contribution < -0.4 is 19.6 Å². The van der Waals surface area contributed by atoms with E-state index in [0.717, 1.165) is 27.5 Å². The minimum absolute atomic E-state index is 0.215. The number of nitriles is 1. The van der Waals surface area contributed by atoms with Crippen molar-refractivity contribution < 1.29 is 14.3 Å². The maximum absolute atomic E-state index is 14.0. The van der Waals surface area contributed by atoms with Gasteiger partial charge in [0.25, 0.3) is 5.56 Å². The van der Waals surface area contributed by atoms with Crippen molar-refractivity contribution in [3.05, 3.63) is 144 Å². The smallest absolute Gasteiger partial charge is 0.338 e. The van der Waals surface area contributed by atoms with Crippen LogP contribution in [-0.4, -0.2) is 17.1 Å². The first-order valence-electron chi connectivity index (χ1n) is 13.9. The molecule has 0 spiro atoms. The minimum Gasteiger partial charge on any atom is -0.489 e. The first kappa shape index (κ1) is 27.9. The Hall–Kier alpha value is -5.26. The summed E-state index contributed by atoms with van der Waals surface area (Å²) in [6.07, 6.45) is 1.82. The van der Waals surface area contributed by atoms with Crippen molar-refractivity contribution in [2.24, 2.45) is 4.99 Å². The number of esters is 1. The van der Waals surface area contributed by atoms with Crippen LogP contribution >= 0.6 is 11.3 Å². The van der Waals surface area contributed by atoms with Gasteiger partial charge in [-0.1, -0.05) is 84.1 Å². The largest absolute Gasteiger partial charge is 0.489 e.